The number of amides is 1. The van der Waals surface area contributed by atoms with Crippen molar-refractivity contribution in [2.24, 2.45) is 0 Å². The van der Waals surface area contributed by atoms with Crippen LogP contribution < -0.4 is 5.32 Å². The summed E-state index contributed by atoms with van der Waals surface area (Å²) in [4.78, 5) is 17.3. The third-order valence-corrected chi connectivity index (χ3v) is 4.63. The van der Waals surface area contributed by atoms with Crippen molar-refractivity contribution in [2.75, 3.05) is 5.32 Å². The molecule has 2 heterocycles. The van der Waals surface area contributed by atoms with Crippen LogP contribution >= 0.6 is 0 Å². The van der Waals surface area contributed by atoms with Crippen LogP contribution in [0, 0.1) is 6.92 Å². The molecule has 25 heavy (non-hydrogen) atoms. The van der Waals surface area contributed by atoms with Gasteiger partial charge in [-0.2, -0.15) is 10.2 Å². The molecule has 7 nitrogen and oxygen atoms in total. The molecule has 0 aromatic carbocycles. The number of carbonyl (C=O) groups excluding carboxylic acids is 1. The van der Waals surface area contributed by atoms with Gasteiger partial charge in [-0.1, -0.05) is 0 Å². The van der Waals surface area contributed by atoms with Gasteiger partial charge in [-0.05, 0) is 53.4 Å². The molecule has 0 unspecified atom stereocenters. The fourth-order valence-electron chi connectivity index (χ4n) is 3.06. The standard InChI is InChI=1S/C18H26N6O/c1-11-9-14(24(21-11)18(2,3)4)19-15(25)10-23-17(13-7-8-13)20-16(22-23)12-5-6-12/h9,12-13H,5-8,10H2,1-4H3,(H,19,25). The molecule has 0 spiro atoms. The van der Waals surface area contributed by atoms with Gasteiger partial charge in [0.25, 0.3) is 0 Å². The van der Waals surface area contributed by atoms with Crippen LogP contribution in [0.25, 0.3) is 0 Å². The van der Waals surface area contributed by atoms with E-state index in [9.17, 15) is 4.79 Å². The van der Waals surface area contributed by atoms with Gasteiger partial charge >= 0.3 is 0 Å². The van der Waals surface area contributed by atoms with E-state index in [2.05, 4.69) is 36.3 Å². The Morgan fingerprint density at radius 2 is 1.88 bits per heavy atom. The third-order valence-electron chi connectivity index (χ3n) is 4.63. The maximum absolute atomic E-state index is 12.6. The smallest absolute Gasteiger partial charge is 0.247 e. The fourth-order valence-corrected chi connectivity index (χ4v) is 3.06. The first-order chi connectivity index (χ1) is 11.8. The number of nitrogens with one attached hydrogen (secondary N) is 1. The van der Waals surface area contributed by atoms with E-state index < -0.39 is 0 Å². The van der Waals surface area contributed by atoms with E-state index in [0.717, 1.165) is 36.0 Å². The lowest BCUT2D eigenvalue weighted by Crippen LogP contribution is -2.28. The van der Waals surface area contributed by atoms with Crippen molar-refractivity contribution in [3.63, 3.8) is 0 Å². The minimum atomic E-state index is -0.192. The average Bonchev–Trinajstić information content (AvgIpc) is 3.43. The highest BCUT2D eigenvalue weighted by Gasteiger charge is 2.34. The van der Waals surface area contributed by atoms with E-state index >= 15 is 0 Å². The highest BCUT2D eigenvalue weighted by Crippen LogP contribution is 2.42. The van der Waals surface area contributed by atoms with Crippen LogP contribution in [0.15, 0.2) is 6.07 Å². The molecule has 0 bridgehead atoms. The number of hydrogen-bond acceptors (Lipinski definition) is 4. The Bertz CT molecular complexity index is 804. The molecule has 2 aromatic heterocycles. The zero-order valence-corrected chi connectivity index (χ0v) is 15.4. The quantitative estimate of drug-likeness (QED) is 0.906. The molecule has 2 saturated carbocycles. The number of hydrogen-bond donors (Lipinski definition) is 1. The molecule has 0 radical (unpaired) electrons. The van der Waals surface area contributed by atoms with Crippen LogP contribution in [-0.2, 0) is 16.9 Å². The van der Waals surface area contributed by atoms with Gasteiger partial charge in [0.15, 0.2) is 5.82 Å². The predicted molar refractivity (Wildman–Crippen MR) is 94.6 cm³/mol. The number of nitrogens with zero attached hydrogens (tertiary/aromatic N) is 5. The third kappa shape index (κ3) is 3.45. The van der Waals surface area contributed by atoms with Crippen molar-refractivity contribution in [2.45, 2.75) is 77.3 Å². The number of aromatic nitrogens is 5. The summed E-state index contributed by atoms with van der Waals surface area (Å²) in [6.07, 6.45) is 4.65. The molecule has 2 aromatic rings. The maximum Gasteiger partial charge on any atom is 0.247 e. The summed E-state index contributed by atoms with van der Waals surface area (Å²) in [5.41, 5.74) is 0.697. The van der Waals surface area contributed by atoms with Crippen LogP contribution in [-0.4, -0.2) is 30.5 Å². The summed E-state index contributed by atoms with van der Waals surface area (Å²) in [5.74, 6) is 3.54. The second-order valence-corrected chi connectivity index (χ2v) is 8.34. The lowest BCUT2D eigenvalue weighted by atomic mass is 10.1. The van der Waals surface area contributed by atoms with Crippen LogP contribution in [0.5, 0.6) is 0 Å². The Labute approximate surface area is 147 Å². The van der Waals surface area contributed by atoms with Crippen molar-refractivity contribution >= 4 is 11.7 Å². The van der Waals surface area contributed by atoms with Crippen LogP contribution in [0.1, 0.15) is 75.6 Å². The van der Waals surface area contributed by atoms with Crippen molar-refractivity contribution < 1.29 is 4.79 Å². The summed E-state index contributed by atoms with van der Waals surface area (Å²) >= 11 is 0. The highest BCUT2D eigenvalue weighted by atomic mass is 16.2. The minimum Gasteiger partial charge on any atom is -0.309 e. The second kappa shape index (κ2) is 5.68. The lowest BCUT2D eigenvalue weighted by Gasteiger charge is -2.22. The van der Waals surface area contributed by atoms with Crippen molar-refractivity contribution in [3.8, 4) is 0 Å². The molecule has 2 aliphatic rings. The summed E-state index contributed by atoms with van der Waals surface area (Å²) in [7, 11) is 0. The summed E-state index contributed by atoms with van der Waals surface area (Å²) in [5, 5.41) is 12.1. The molecule has 2 aliphatic carbocycles. The fraction of sp³-hybridized carbons (Fsp3) is 0.667. The molecule has 0 aliphatic heterocycles. The van der Waals surface area contributed by atoms with Gasteiger partial charge in [0.05, 0.1) is 11.2 Å². The molecule has 134 valence electrons. The minimum absolute atomic E-state index is 0.0838. The molecule has 2 fully saturated rings. The highest BCUT2D eigenvalue weighted by molar-refractivity contribution is 5.89. The van der Waals surface area contributed by atoms with Crippen LogP contribution in [0.4, 0.5) is 5.82 Å². The summed E-state index contributed by atoms with van der Waals surface area (Å²) in [6, 6.07) is 1.90. The van der Waals surface area contributed by atoms with Gasteiger partial charge in [0, 0.05) is 17.9 Å². The van der Waals surface area contributed by atoms with E-state index in [4.69, 9.17) is 4.98 Å². The molecule has 1 N–H and O–H groups in total. The molecular weight excluding hydrogens is 316 g/mol. The number of aryl methyl sites for hydroxylation is 1. The van der Waals surface area contributed by atoms with Crippen molar-refractivity contribution in [3.05, 3.63) is 23.4 Å². The van der Waals surface area contributed by atoms with Gasteiger partial charge in [-0.25, -0.2) is 14.3 Å². The van der Waals surface area contributed by atoms with E-state index in [0.29, 0.717) is 11.8 Å². The Morgan fingerprint density at radius 1 is 1.20 bits per heavy atom. The van der Waals surface area contributed by atoms with Crippen LogP contribution in [0.2, 0.25) is 0 Å². The normalized spacial score (nSPS) is 17.8. The van der Waals surface area contributed by atoms with Crippen LogP contribution in [0.3, 0.4) is 0 Å². The number of rotatable bonds is 5. The van der Waals surface area contributed by atoms with Crippen molar-refractivity contribution in [1.82, 2.24) is 24.5 Å². The number of anilines is 1. The molecule has 0 saturated heterocycles. The first-order valence-electron chi connectivity index (χ1n) is 9.13. The molecule has 1 amide bonds. The Balaban J connectivity index is 1.51. The van der Waals surface area contributed by atoms with E-state index in [-0.39, 0.29) is 18.0 Å². The SMILES string of the molecule is Cc1cc(NC(=O)Cn2nc(C3CC3)nc2C2CC2)n(C(C)(C)C)n1. The van der Waals surface area contributed by atoms with Gasteiger partial charge in [0.2, 0.25) is 5.91 Å². The molecular formula is C18H26N6O. The van der Waals surface area contributed by atoms with Gasteiger partial charge in [-0.3, -0.25) is 4.79 Å². The lowest BCUT2D eigenvalue weighted by molar-refractivity contribution is -0.117. The second-order valence-electron chi connectivity index (χ2n) is 8.34. The van der Waals surface area contributed by atoms with Gasteiger partial charge in [0.1, 0.15) is 18.2 Å². The van der Waals surface area contributed by atoms with E-state index in [1.807, 2.05) is 22.4 Å². The molecule has 4 rings (SSSR count). The molecule has 0 atom stereocenters. The maximum atomic E-state index is 12.6. The zero-order chi connectivity index (χ0) is 17.8. The first-order valence-corrected chi connectivity index (χ1v) is 9.13. The van der Waals surface area contributed by atoms with E-state index in [1.54, 1.807) is 0 Å². The molecule has 7 heteroatoms. The Kier molecular flexibility index (Phi) is 3.70. The average molecular weight is 342 g/mol. The van der Waals surface area contributed by atoms with E-state index in [1.165, 1.54) is 12.8 Å². The van der Waals surface area contributed by atoms with Gasteiger partial charge < -0.3 is 5.32 Å². The summed E-state index contributed by atoms with van der Waals surface area (Å²) < 4.78 is 3.67. The largest absolute Gasteiger partial charge is 0.309 e. The zero-order valence-electron chi connectivity index (χ0n) is 15.4. The number of carbonyl (C=O) groups is 1. The van der Waals surface area contributed by atoms with Crippen molar-refractivity contribution in [1.29, 1.82) is 0 Å². The topological polar surface area (TPSA) is 77.6 Å². The first kappa shape index (κ1) is 16.3. The predicted octanol–water partition coefficient (Wildman–Crippen LogP) is 2.93. The summed E-state index contributed by atoms with van der Waals surface area (Å²) in [6.45, 7) is 8.35. The Hall–Kier alpha value is -2.18. The monoisotopic (exact) mass is 342 g/mol. The Morgan fingerprint density at radius 3 is 2.48 bits per heavy atom. The van der Waals surface area contributed by atoms with Gasteiger partial charge in [-0.15, -0.1) is 0 Å².